The Balaban J connectivity index is 0.00000121. The van der Waals surface area contributed by atoms with Gasteiger partial charge in [-0.05, 0) is 6.42 Å². The summed E-state index contributed by atoms with van der Waals surface area (Å²) >= 11 is 0. The maximum atomic E-state index is 5.36. The fourth-order valence-electron chi connectivity index (χ4n) is 1.15. The molecule has 1 heterocycles. The zero-order valence-electron chi connectivity index (χ0n) is 7.58. The van der Waals surface area contributed by atoms with Gasteiger partial charge in [0.1, 0.15) is 6.23 Å². The molecule has 1 aliphatic rings. The van der Waals surface area contributed by atoms with E-state index in [1.807, 2.05) is 6.08 Å². The summed E-state index contributed by atoms with van der Waals surface area (Å²) in [6.07, 6.45) is 6.39. The number of nitrogens with one attached hydrogen (secondary N) is 1. The van der Waals surface area contributed by atoms with Crippen molar-refractivity contribution in [2.75, 3.05) is 6.54 Å². The SMILES string of the molecule is Br.C=CCNC1OC1CCCC. The van der Waals surface area contributed by atoms with E-state index in [4.69, 9.17) is 4.74 Å². The molecule has 1 saturated heterocycles. The molecule has 3 heteroatoms. The van der Waals surface area contributed by atoms with E-state index in [-0.39, 0.29) is 17.0 Å². The number of epoxide rings is 1. The van der Waals surface area contributed by atoms with Crippen molar-refractivity contribution >= 4 is 17.0 Å². The molecule has 0 aromatic rings. The highest BCUT2D eigenvalue weighted by Gasteiger charge is 2.36. The van der Waals surface area contributed by atoms with Crippen LogP contribution in [0, 0.1) is 0 Å². The Morgan fingerprint density at radius 1 is 1.58 bits per heavy atom. The van der Waals surface area contributed by atoms with Crippen molar-refractivity contribution in [2.45, 2.75) is 38.5 Å². The summed E-state index contributed by atoms with van der Waals surface area (Å²) < 4.78 is 5.36. The van der Waals surface area contributed by atoms with Crippen LogP contribution >= 0.6 is 17.0 Å². The lowest BCUT2D eigenvalue weighted by Gasteiger charge is -1.93. The van der Waals surface area contributed by atoms with E-state index in [0.29, 0.717) is 12.3 Å². The molecular formula is C9H18BrNO. The first-order valence-electron chi connectivity index (χ1n) is 4.38. The number of halogens is 1. The lowest BCUT2D eigenvalue weighted by atomic mass is 10.2. The molecule has 0 aromatic heterocycles. The van der Waals surface area contributed by atoms with Gasteiger partial charge in [0.25, 0.3) is 0 Å². The van der Waals surface area contributed by atoms with Crippen LogP contribution in [0.25, 0.3) is 0 Å². The van der Waals surface area contributed by atoms with Gasteiger partial charge < -0.3 is 4.74 Å². The first-order chi connectivity index (χ1) is 5.38. The highest BCUT2D eigenvalue weighted by molar-refractivity contribution is 8.93. The van der Waals surface area contributed by atoms with E-state index in [0.717, 1.165) is 6.54 Å². The summed E-state index contributed by atoms with van der Waals surface area (Å²) in [5.74, 6) is 0. The molecule has 0 radical (unpaired) electrons. The van der Waals surface area contributed by atoms with Gasteiger partial charge in [-0.15, -0.1) is 23.6 Å². The Hall–Kier alpha value is 0.140. The van der Waals surface area contributed by atoms with Gasteiger partial charge in [0.2, 0.25) is 0 Å². The van der Waals surface area contributed by atoms with E-state index in [2.05, 4.69) is 18.8 Å². The standard InChI is InChI=1S/C9H17NO.BrH/c1-3-5-6-8-9(11-8)10-7-4-2;/h4,8-10H,2-3,5-7H2,1H3;1H. The molecule has 1 N–H and O–H groups in total. The largest absolute Gasteiger partial charge is 0.353 e. The maximum absolute atomic E-state index is 5.36. The average Bonchev–Trinajstić information content (AvgIpc) is 2.76. The maximum Gasteiger partial charge on any atom is 0.135 e. The van der Waals surface area contributed by atoms with Crippen molar-refractivity contribution in [2.24, 2.45) is 0 Å². The molecule has 0 aromatic carbocycles. The highest BCUT2D eigenvalue weighted by atomic mass is 79.9. The predicted octanol–water partition coefficient (Wildman–Crippen LogP) is 2.25. The molecule has 1 fully saturated rings. The molecule has 0 aliphatic carbocycles. The van der Waals surface area contributed by atoms with Gasteiger partial charge in [-0.25, -0.2) is 0 Å². The second kappa shape index (κ2) is 6.63. The van der Waals surface area contributed by atoms with Crippen molar-refractivity contribution < 1.29 is 4.74 Å². The molecule has 12 heavy (non-hydrogen) atoms. The molecule has 2 unspecified atom stereocenters. The number of ether oxygens (including phenoxy) is 1. The first kappa shape index (κ1) is 12.1. The summed E-state index contributed by atoms with van der Waals surface area (Å²) in [5, 5.41) is 3.22. The summed E-state index contributed by atoms with van der Waals surface area (Å²) in [5.41, 5.74) is 0. The van der Waals surface area contributed by atoms with Crippen LogP contribution in [-0.2, 0) is 4.74 Å². The van der Waals surface area contributed by atoms with Crippen molar-refractivity contribution in [3.8, 4) is 0 Å². The smallest absolute Gasteiger partial charge is 0.135 e. The zero-order chi connectivity index (χ0) is 8.10. The third kappa shape index (κ3) is 4.24. The van der Waals surface area contributed by atoms with Crippen LogP contribution in [0.2, 0.25) is 0 Å². The number of rotatable bonds is 6. The molecular weight excluding hydrogens is 218 g/mol. The second-order valence-corrected chi connectivity index (χ2v) is 2.93. The van der Waals surface area contributed by atoms with Crippen LogP contribution in [0.3, 0.4) is 0 Å². The van der Waals surface area contributed by atoms with Gasteiger partial charge in [0, 0.05) is 6.54 Å². The molecule has 1 rings (SSSR count). The van der Waals surface area contributed by atoms with Crippen LogP contribution < -0.4 is 5.32 Å². The Kier molecular flexibility index (Phi) is 6.71. The monoisotopic (exact) mass is 235 g/mol. The molecule has 2 nitrogen and oxygen atoms in total. The number of hydrogen-bond acceptors (Lipinski definition) is 2. The van der Waals surface area contributed by atoms with Gasteiger partial charge in [-0.1, -0.05) is 25.8 Å². The normalized spacial score (nSPS) is 26.1. The number of hydrogen-bond donors (Lipinski definition) is 1. The summed E-state index contributed by atoms with van der Waals surface area (Å²) in [6, 6.07) is 0. The number of unbranched alkanes of at least 4 members (excludes halogenated alkanes) is 1. The van der Waals surface area contributed by atoms with E-state index in [9.17, 15) is 0 Å². The minimum absolute atomic E-state index is 0. The Morgan fingerprint density at radius 2 is 2.33 bits per heavy atom. The third-order valence-corrected chi connectivity index (χ3v) is 1.89. The van der Waals surface area contributed by atoms with Crippen molar-refractivity contribution in [3.63, 3.8) is 0 Å². The fraction of sp³-hybridized carbons (Fsp3) is 0.778. The lowest BCUT2D eigenvalue weighted by Crippen LogP contribution is -2.19. The highest BCUT2D eigenvalue weighted by Crippen LogP contribution is 2.24. The van der Waals surface area contributed by atoms with E-state index in [1.165, 1.54) is 19.3 Å². The van der Waals surface area contributed by atoms with Gasteiger partial charge in [0.05, 0.1) is 6.10 Å². The fourth-order valence-corrected chi connectivity index (χ4v) is 1.15. The average molecular weight is 236 g/mol. The molecule has 0 bridgehead atoms. The van der Waals surface area contributed by atoms with E-state index >= 15 is 0 Å². The van der Waals surface area contributed by atoms with Crippen LogP contribution in [-0.4, -0.2) is 18.9 Å². The van der Waals surface area contributed by atoms with Crippen molar-refractivity contribution in [1.82, 2.24) is 5.32 Å². The molecule has 1 aliphatic heterocycles. The first-order valence-corrected chi connectivity index (χ1v) is 4.38. The molecule has 72 valence electrons. The minimum atomic E-state index is 0. The van der Waals surface area contributed by atoms with Crippen molar-refractivity contribution in [3.05, 3.63) is 12.7 Å². The van der Waals surface area contributed by atoms with Crippen LogP contribution in [0.15, 0.2) is 12.7 Å². The molecule has 0 amide bonds. The summed E-state index contributed by atoms with van der Waals surface area (Å²) in [6.45, 7) is 6.69. The topological polar surface area (TPSA) is 24.6 Å². The van der Waals surface area contributed by atoms with E-state index < -0.39 is 0 Å². The molecule has 2 atom stereocenters. The molecule has 0 saturated carbocycles. The van der Waals surface area contributed by atoms with Crippen LogP contribution in [0.5, 0.6) is 0 Å². The Morgan fingerprint density at radius 3 is 2.92 bits per heavy atom. The minimum Gasteiger partial charge on any atom is -0.353 e. The molecule has 0 spiro atoms. The van der Waals surface area contributed by atoms with Crippen LogP contribution in [0.1, 0.15) is 26.2 Å². The van der Waals surface area contributed by atoms with Gasteiger partial charge in [0.15, 0.2) is 0 Å². The van der Waals surface area contributed by atoms with Crippen molar-refractivity contribution in [1.29, 1.82) is 0 Å². The second-order valence-electron chi connectivity index (χ2n) is 2.93. The Bertz CT molecular complexity index is 130. The predicted molar refractivity (Wildman–Crippen MR) is 56.7 cm³/mol. The zero-order valence-corrected chi connectivity index (χ0v) is 9.30. The Labute approximate surface area is 85.1 Å². The quantitative estimate of drug-likeness (QED) is 0.565. The van der Waals surface area contributed by atoms with Gasteiger partial charge in [-0.2, -0.15) is 0 Å². The van der Waals surface area contributed by atoms with Crippen LogP contribution in [0.4, 0.5) is 0 Å². The summed E-state index contributed by atoms with van der Waals surface area (Å²) in [4.78, 5) is 0. The van der Waals surface area contributed by atoms with Gasteiger partial charge in [-0.3, -0.25) is 5.32 Å². The third-order valence-electron chi connectivity index (χ3n) is 1.89. The lowest BCUT2D eigenvalue weighted by molar-refractivity contribution is 0.342. The van der Waals surface area contributed by atoms with E-state index in [1.54, 1.807) is 0 Å². The summed E-state index contributed by atoms with van der Waals surface area (Å²) in [7, 11) is 0. The van der Waals surface area contributed by atoms with Gasteiger partial charge >= 0.3 is 0 Å².